The monoisotopic (exact) mass is 287 g/mol. The van der Waals surface area contributed by atoms with Gasteiger partial charge in [-0.1, -0.05) is 49.3 Å². The molecule has 1 heterocycles. The third-order valence-corrected chi connectivity index (χ3v) is 3.59. The molecule has 21 heavy (non-hydrogen) atoms. The van der Waals surface area contributed by atoms with E-state index >= 15 is 0 Å². The number of nitrogens with zero attached hydrogens (tertiary/aromatic N) is 2. The highest BCUT2D eigenvalue weighted by Gasteiger charge is 2.15. The van der Waals surface area contributed by atoms with Crippen LogP contribution in [0, 0.1) is 11.8 Å². The molecule has 0 spiro atoms. The summed E-state index contributed by atoms with van der Waals surface area (Å²) < 4.78 is 5.35. The lowest BCUT2D eigenvalue weighted by Gasteiger charge is -2.14. The van der Waals surface area contributed by atoms with Crippen LogP contribution in [0.2, 0.25) is 0 Å². The molecule has 1 aromatic heterocycles. The first-order valence-corrected chi connectivity index (χ1v) is 7.72. The summed E-state index contributed by atoms with van der Waals surface area (Å²) >= 11 is 0. The van der Waals surface area contributed by atoms with Gasteiger partial charge in [0.15, 0.2) is 5.82 Å². The van der Waals surface area contributed by atoms with Gasteiger partial charge in [-0.3, -0.25) is 0 Å². The number of hydrogen-bond donors (Lipinski definition) is 1. The minimum Gasteiger partial charge on any atom is -0.339 e. The van der Waals surface area contributed by atoms with E-state index in [-0.39, 0.29) is 0 Å². The Bertz CT molecular complexity index is 522. The van der Waals surface area contributed by atoms with Gasteiger partial charge >= 0.3 is 0 Å². The SMILES string of the molecule is CC(C)C[C@H](CN)Cc1nc(CCc2ccccc2)no1. The molecule has 114 valence electrons. The van der Waals surface area contributed by atoms with Crippen LogP contribution in [0.15, 0.2) is 34.9 Å². The third kappa shape index (κ3) is 5.31. The van der Waals surface area contributed by atoms with Gasteiger partial charge < -0.3 is 10.3 Å². The molecule has 4 nitrogen and oxygen atoms in total. The van der Waals surface area contributed by atoms with E-state index in [4.69, 9.17) is 10.3 Å². The predicted molar refractivity (Wildman–Crippen MR) is 83.9 cm³/mol. The molecule has 2 rings (SSSR count). The van der Waals surface area contributed by atoms with E-state index < -0.39 is 0 Å². The first kappa shape index (κ1) is 15.7. The van der Waals surface area contributed by atoms with Crippen molar-refractivity contribution in [1.29, 1.82) is 0 Å². The topological polar surface area (TPSA) is 64.9 Å². The van der Waals surface area contributed by atoms with Crippen LogP contribution in [0.1, 0.15) is 37.5 Å². The van der Waals surface area contributed by atoms with Crippen molar-refractivity contribution in [1.82, 2.24) is 10.1 Å². The largest absolute Gasteiger partial charge is 0.339 e. The summed E-state index contributed by atoms with van der Waals surface area (Å²) in [7, 11) is 0. The zero-order valence-corrected chi connectivity index (χ0v) is 13.0. The van der Waals surface area contributed by atoms with Crippen molar-refractivity contribution in [3.63, 3.8) is 0 Å². The summed E-state index contributed by atoms with van der Waals surface area (Å²) in [4.78, 5) is 4.49. The standard InChI is InChI=1S/C17H25N3O/c1-13(2)10-15(12-18)11-17-19-16(20-21-17)9-8-14-6-4-3-5-7-14/h3-7,13,15H,8-12,18H2,1-2H3/t15-/m0/s1. The smallest absolute Gasteiger partial charge is 0.226 e. The Morgan fingerprint density at radius 3 is 2.57 bits per heavy atom. The van der Waals surface area contributed by atoms with Gasteiger partial charge in [-0.15, -0.1) is 0 Å². The number of aromatic nitrogens is 2. The fourth-order valence-corrected chi connectivity index (χ4v) is 2.55. The van der Waals surface area contributed by atoms with E-state index in [1.54, 1.807) is 0 Å². The Labute approximate surface area is 126 Å². The molecule has 2 N–H and O–H groups in total. The lowest BCUT2D eigenvalue weighted by molar-refractivity contribution is 0.329. The van der Waals surface area contributed by atoms with E-state index in [0.717, 1.165) is 31.5 Å². The zero-order valence-electron chi connectivity index (χ0n) is 13.0. The molecule has 0 aliphatic carbocycles. The van der Waals surface area contributed by atoms with Crippen LogP contribution >= 0.6 is 0 Å². The van der Waals surface area contributed by atoms with Gasteiger partial charge in [0.1, 0.15) is 0 Å². The second kappa shape index (κ2) is 7.93. The molecule has 1 aromatic carbocycles. The van der Waals surface area contributed by atoms with E-state index in [9.17, 15) is 0 Å². The molecule has 0 amide bonds. The molecule has 0 aliphatic rings. The summed E-state index contributed by atoms with van der Waals surface area (Å²) in [5, 5.41) is 4.07. The number of hydrogen-bond acceptors (Lipinski definition) is 4. The minimum absolute atomic E-state index is 0.424. The van der Waals surface area contributed by atoms with Gasteiger partial charge in [0.25, 0.3) is 0 Å². The maximum absolute atomic E-state index is 5.82. The highest BCUT2D eigenvalue weighted by Crippen LogP contribution is 2.15. The molecule has 0 unspecified atom stereocenters. The summed E-state index contributed by atoms with van der Waals surface area (Å²) in [6.45, 7) is 5.09. The zero-order chi connectivity index (χ0) is 15.1. The quantitative estimate of drug-likeness (QED) is 0.810. The average molecular weight is 287 g/mol. The van der Waals surface area contributed by atoms with E-state index in [0.29, 0.717) is 24.3 Å². The summed E-state index contributed by atoms with van der Waals surface area (Å²) in [6, 6.07) is 10.4. The molecule has 0 saturated heterocycles. The predicted octanol–water partition coefficient (Wildman–Crippen LogP) is 3.02. The van der Waals surface area contributed by atoms with Gasteiger partial charge in [0.05, 0.1) is 0 Å². The van der Waals surface area contributed by atoms with Gasteiger partial charge in [0.2, 0.25) is 5.89 Å². The maximum atomic E-state index is 5.82. The van der Waals surface area contributed by atoms with Gasteiger partial charge in [-0.25, -0.2) is 0 Å². The van der Waals surface area contributed by atoms with Crippen molar-refractivity contribution in [3.8, 4) is 0 Å². The first-order chi connectivity index (χ1) is 10.2. The molecule has 0 radical (unpaired) electrons. The second-order valence-corrected chi connectivity index (χ2v) is 6.03. The maximum Gasteiger partial charge on any atom is 0.226 e. The van der Waals surface area contributed by atoms with Crippen molar-refractivity contribution in [2.24, 2.45) is 17.6 Å². The fraction of sp³-hybridized carbons (Fsp3) is 0.529. The van der Waals surface area contributed by atoms with Crippen molar-refractivity contribution in [3.05, 3.63) is 47.6 Å². The van der Waals surface area contributed by atoms with Crippen molar-refractivity contribution in [2.45, 2.75) is 39.5 Å². The van der Waals surface area contributed by atoms with Crippen LogP contribution < -0.4 is 5.73 Å². The van der Waals surface area contributed by atoms with E-state index in [1.165, 1.54) is 5.56 Å². The van der Waals surface area contributed by atoms with Crippen LogP contribution in [0.5, 0.6) is 0 Å². The van der Waals surface area contributed by atoms with Crippen LogP contribution in [0.25, 0.3) is 0 Å². The average Bonchev–Trinajstić information content (AvgIpc) is 2.92. The highest BCUT2D eigenvalue weighted by molar-refractivity contribution is 5.15. The highest BCUT2D eigenvalue weighted by atomic mass is 16.5. The third-order valence-electron chi connectivity index (χ3n) is 3.59. The molecule has 0 fully saturated rings. The lowest BCUT2D eigenvalue weighted by atomic mass is 9.94. The Kier molecular flexibility index (Phi) is 5.93. The van der Waals surface area contributed by atoms with Crippen LogP contribution in [-0.2, 0) is 19.3 Å². The fourth-order valence-electron chi connectivity index (χ4n) is 2.55. The lowest BCUT2D eigenvalue weighted by Crippen LogP contribution is -2.19. The Balaban J connectivity index is 1.86. The molecular weight excluding hydrogens is 262 g/mol. The second-order valence-electron chi connectivity index (χ2n) is 6.03. The summed E-state index contributed by atoms with van der Waals surface area (Å²) in [5.74, 6) is 2.56. The van der Waals surface area contributed by atoms with Crippen LogP contribution in [0.4, 0.5) is 0 Å². The van der Waals surface area contributed by atoms with Gasteiger partial charge in [-0.05, 0) is 36.8 Å². The number of rotatable bonds is 8. The molecule has 2 aromatic rings. The van der Waals surface area contributed by atoms with Gasteiger partial charge in [-0.2, -0.15) is 4.98 Å². The summed E-state index contributed by atoms with van der Waals surface area (Å²) in [6.07, 6.45) is 3.63. The van der Waals surface area contributed by atoms with E-state index in [1.807, 2.05) is 6.07 Å². The number of benzene rings is 1. The normalized spacial score (nSPS) is 12.8. The Morgan fingerprint density at radius 1 is 1.14 bits per heavy atom. The Morgan fingerprint density at radius 2 is 1.90 bits per heavy atom. The number of nitrogens with two attached hydrogens (primary N) is 1. The summed E-state index contributed by atoms with van der Waals surface area (Å²) in [5.41, 5.74) is 7.12. The van der Waals surface area contributed by atoms with Crippen molar-refractivity contribution in [2.75, 3.05) is 6.54 Å². The molecule has 0 aliphatic heterocycles. The molecule has 0 bridgehead atoms. The van der Waals surface area contributed by atoms with Crippen molar-refractivity contribution >= 4 is 0 Å². The molecule has 1 atom stereocenters. The number of aryl methyl sites for hydroxylation is 2. The van der Waals surface area contributed by atoms with Crippen molar-refractivity contribution < 1.29 is 4.52 Å². The molecule has 0 saturated carbocycles. The van der Waals surface area contributed by atoms with Crippen LogP contribution in [0.3, 0.4) is 0 Å². The minimum atomic E-state index is 0.424. The molecular formula is C17H25N3O. The Hall–Kier alpha value is -1.68. The molecule has 4 heteroatoms. The first-order valence-electron chi connectivity index (χ1n) is 7.72. The van der Waals surface area contributed by atoms with E-state index in [2.05, 4.69) is 48.3 Å². The van der Waals surface area contributed by atoms with Gasteiger partial charge in [0, 0.05) is 12.8 Å². The van der Waals surface area contributed by atoms with Crippen LogP contribution in [-0.4, -0.2) is 16.7 Å².